The van der Waals surface area contributed by atoms with Crippen molar-refractivity contribution in [3.05, 3.63) is 28.8 Å². The van der Waals surface area contributed by atoms with Gasteiger partial charge < -0.3 is 15.4 Å². The van der Waals surface area contributed by atoms with E-state index >= 15 is 0 Å². The highest BCUT2D eigenvalue weighted by Crippen LogP contribution is 2.26. The minimum absolute atomic E-state index is 0.0761. The molecule has 2 amide bonds. The van der Waals surface area contributed by atoms with Crippen LogP contribution in [0.1, 0.15) is 36.5 Å². The lowest BCUT2D eigenvalue weighted by Gasteiger charge is -2.34. The van der Waals surface area contributed by atoms with Gasteiger partial charge in [-0.1, -0.05) is 17.7 Å². The first-order valence-electron chi connectivity index (χ1n) is 9.78. The van der Waals surface area contributed by atoms with Gasteiger partial charge in [-0.3, -0.25) is 14.4 Å². The lowest BCUT2D eigenvalue weighted by molar-refractivity contribution is -0.154. The Kier molecular flexibility index (Phi) is 7.59. The van der Waals surface area contributed by atoms with Gasteiger partial charge in [0.15, 0.2) is 6.10 Å². The first kappa shape index (κ1) is 23.8. The Morgan fingerprint density at radius 2 is 1.57 bits per heavy atom. The number of hydrogen-bond donors (Lipinski definition) is 1. The van der Waals surface area contributed by atoms with Crippen LogP contribution in [0.25, 0.3) is 0 Å². The number of nitrogens with zero attached hydrogens (tertiary/aromatic N) is 2. The number of sulfonamides is 1. The van der Waals surface area contributed by atoms with Crippen molar-refractivity contribution < 1.29 is 27.5 Å². The molecule has 1 saturated heterocycles. The number of piperazine rings is 1. The number of benzene rings is 1. The van der Waals surface area contributed by atoms with Crippen molar-refractivity contribution in [2.75, 3.05) is 26.2 Å². The van der Waals surface area contributed by atoms with Crippen molar-refractivity contribution in [2.45, 2.75) is 51.5 Å². The summed E-state index contributed by atoms with van der Waals surface area (Å²) in [6.07, 6.45) is -1.29. The van der Waals surface area contributed by atoms with E-state index in [1.807, 2.05) is 19.1 Å². The monoisotopic (exact) mass is 439 g/mol. The van der Waals surface area contributed by atoms with Gasteiger partial charge in [0, 0.05) is 32.6 Å². The third-order valence-electron chi connectivity index (χ3n) is 5.05. The Labute approximate surface area is 177 Å². The zero-order valence-electron chi connectivity index (χ0n) is 17.8. The van der Waals surface area contributed by atoms with E-state index in [4.69, 9.17) is 10.5 Å². The first-order chi connectivity index (χ1) is 13.9. The van der Waals surface area contributed by atoms with E-state index in [0.717, 1.165) is 5.56 Å². The van der Waals surface area contributed by atoms with E-state index in [0.29, 0.717) is 16.0 Å². The van der Waals surface area contributed by atoms with Crippen LogP contribution >= 0.6 is 0 Å². The first-order valence-corrected chi connectivity index (χ1v) is 11.2. The van der Waals surface area contributed by atoms with Gasteiger partial charge in [-0.25, -0.2) is 8.42 Å². The van der Waals surface area contributed by atoms with Crippen molar-refractivity contribution in [1.82, 2.24) is 9.21 Å². The molecule has 30 heavy (non-hydrogen) atoms. The summed E-state index contributed by atoms with van der Waals surface area (Å²) in [6.45, 7) is 7.71. The second-order valence-corrected chi connectivity index (χ2v) is 9.42. The highest BCUT2D eigenvalue weighted by atomic mass is 32.2. The molecule has 0 aliphatic carbocycles. The zero-order chi connectivity index (χ0) is 22.6. The number of hydrogen-bond acceptors (Lipinski definition) is 6. The van der Waals surface area contributed by atoms with Gasteiger partial charge in [0.2, 0.25) is 15.9 Å². The quantitative estimate of drug-likeness (QED) is 0.621. The molecule has 2 N–H and O–H groups in total. The van der Waals surface area contributed by atoms with Gasteiger partial charge in [-0.2, -0.15) is 4.31 Å². The zero-order valence-corrected chi connectivity index (χ0v) is 18.6. The number of carbonyl (C=O) groups excluding carboxylic acids is 3. The van der Waals surface area contributed by atoms with Gasteiger partial charge >= 0.3 is 5.97 Å². The predicted octanol–water partition coefficient (Wildman–Crippen LogP) is 0.642. The minimum Gasteiger partial charge on any atom is -0.453 e. The molecule has 0 bridgehead atoms. The average Bonchev–Trinajstić information content (AvgIpc) is 2.65. The minimum atomic E-state index is -3.66. The highest BCUT2D eigenvalue weighted by molar-refractivity contribution is 7.89. The van der Waals surface area contributed by atoms with Crippen LogP contribution in [0, 0.1) is 20.8 Å². The third kappa shape index (κ3) is 5.57. The number of ether oxygens (including phenoxy) is 1. The van der Waals surface area contributed by atoms with Crippen molar-refractivity contribution in [2.24, 2.45) is 5.73 Å². The Balaban J connectivity index is 1.94. The van der Waals surface area contributed by atoms with Crippen molar-refractivity contribution in [3.63, 3.8) is 0 Å². The molecule has 0 radical (unpaired) electrons. The highest BCUT2D eigenvalue weighted by Gasteiger charge is 2.32. The summed E-state index contributed by atoms with van der Waals surface area (Å²) in [4.78, 5) is 36.8. The Bertz CT molecular complexity index is 913. The van der Waals surface area contributed by atoms with Crippen LogP contribution in [-0.4, -0.2) is 67.7 Å². The van der Waals surface area contributed by atoms with Gasteiger partial charge in [0.05, 0.1) is 11.3 Å². The van der Waals surface area contributed by atoms with Crippen molar-refractivity contribution in [3.8, 4) is 0 Å². The molecule has 1 aliphatic heterocycles. The summed E-state index contributed by atoms with van der Waals surface area (Å²) in [5.74, 6) is -1.70. The molecular formula is C20H29N3O6S. The maximum absolute atomic E-state index is 13.1. The van der Waals surface area contributed by atoms with E-state index in [1.165, 1.54) is 16.1 Å². The fourth-order valence-corrected chi connectivity index (χ4v) is 5.40. The van der Waals surface area contributed by atoms with Crippen LogP contribution < -0.4 is 5.73 Å². The summed E-state index contributed by atoms with van der Waals surface area (Å²) in [5.41, 5.74) is 7.44. The number of carbonyl (C=O) groups is 3. The molecule has 1 aliphatic rings. The normalized spacial score (nSPS) is 16.2. The second-order valence-electron chi connectivity index (χ2n) is 7.55. The third-order valence-corrected chi connectivity index (χ3v) is 7.25. The van der Waals surface area contributed by atoms with E-state index in [2.05, 4.69) is 0 Å². The Morgan fingerprint density at radius 1 is 1.03 bits per heavy atom. The molecule has 1 fully saturated rings. The smallest absolute Gasteiger partial charge is 0.307 e. The molecule has 9 nitrogen and oxygen atoms in total. The topological polar surface area (TPSA) is 127 Å². The summed E-state index contributed by atoms with van der Waals surface area (Å²) in [7, 11) is -3.66. The van der Waals surface area contributed by atoms with E-state index in [1.54, 1.807) is 13.8 Å². The molecule has 1 aromatic rings. The molecular weight excluding hydrogens is 410 g/mol. The molecule has 0 spiro atoms. The molecule has 1 heterocycles. The van der Waals surface area contributed by atoms with Crippen molar-refractivity contribution in [1.29, 1.82) is 0 Å². The summed E-state index contributed by atoms with van der Waals surface area (Å²) in [6, 6.07) is 3.69. The molecule has 1 atom stereocenters. The number of amides is 2. The molecule has 0 unspecified atom stereocenters. The molecule has 2 rings (SSSR count). The number of nitrogens with two attached hydrogens (primary N) is 1. The lowest BCUT2D eigenvalue weighted by Crippen LogP contribution is -2.50. The summed E-state index contributed by atoms with van der Waals surface area (Å²) >= 11 is 0. The molecule has 1 aromatic carbocycles. The molecule has 166 valence electrons. The van der Waals surface area contributed by atoms with Crippen LogP contribution in [0.15, 0.2) is 17.0 Å². The largest absolute Gasteiger partial charge is 0.453 e. The van der Waals surface area contributed by atoms with Crippen LogP contribution in [-0.2, 0) is 29.1 Å². The van der Waals surface area contributed by atoms with E-state index < -0.39 is 28.0 Å². The summed E-state index contributed by atoms with van der Waals surface area (Å²) < 4.78 is 32.4. The van der Waals surface area contributed by atoms with Gasteiger partial charge in [-0.15, -0.1) is 0 Å². The second kappa shape index (κ2) is 9.57. The maximum atomic E-state index is 13.1. The number of primary amides is 1. The SMILES string of the molecule is Cc1cc(C)c(S(=O)(=O)N2CCN(C(=O)CCC(=O)O[C@H](C)C(N)=O)CC2)c(C)c1. The van der Waals surface area contributed by atoms with Crippen LogP contribution in [0.2, 0.25) is 0 Å². The van der Waals surface area contributed by atoms with Crippen molar-refractivity contribution >= 4 is 27.8 Å². The maximum Gasteiger partial charge on any atom is 0.307 e. The van der Waals surface area contributed by atoms with E-state index in [9.17, 15) is 22.8 Å². The molecule has 0 aromatic heterocycles. The van der Waals surface area contributed by atoms with Crippen LogP contribution in [0.3, 0.4) is 0 Å². The van der Waals surface area contributed by atoms with E-state index in [-0.39, 0.29) is 44.9 Å². The van der Waals surface area contributed by atoms with Crippen LogP contribution in [0.4, 0.5) is 0 Å². The standard InChI is InChI=1S/C20H29N3O6S/c1-13-11-14(2)19(15(3)12-13)30(27,28)23-9-7-22(8-10-23)17(24)5-6-18(25)29-16(4)20(21)26/h11-12,16H,5-10H2,1-4H3,(H2,21,26)/t16-/m1/s1. The molecule has 10 heteroatoms. The molecule has 0 saturated carbocycles. The number of esters is 1. The van der Waals surface area contributed by atoms with Gasteiger partial charge in [0.1, 0.15) is 0 Å². The average molecular weight is 440 g/mol. The Morgan fingerprint density at radius 3 is 2.07 bits per heavy atom. The summed E-state index contributed by atoms with van der Waals surface area (Å²) in [5, 5.41) is 0. The van der Waals surface area contributed by atoms with Crippen LogP contribution in [0.5, 0.6) is 0 Å². The fourth-order valence-electron chi connectivity index (χ4n) is 3.56. The fraction of sp³-hybridized carbons (Fsp3) is 0.550. The van der Waals surface area contributed by atoms with Gasteiger partial charge in [-0.05, 0) is 38.8 Å². The van der Waals surface area contributed by atoms with Gasteiger partial charge in [0.25, 0.3) is 5.91 Å². The number of rotatable bonds is 7. The predicted molar refractivity (Wildman–Crippen MR) is 110 cm³/mol. The Hall–Kier alpha value is -2.46. The number of aryl methyl sites for hydroxylation is 3. The lowest BCUT2D eigenvalue weighted by atomic mass is 10.1.